The van der Waals surface area contributed by atoms with Crippen molar-refractivity contribution in [2.24, 2.45) is 0 Å². The molecule has 1 heterocycles. The average molecular weight is 294 g/mol. The predicted octanol–water partition coefficient (Wildman–Crippen LogP) is 4.37. The Labute approximate surface area is 127 Å². The van der Waals surface area contributed by atoms with Gasteiger partial charge in [-0.3, -0.25) is 4.79 Å². The van der Waals surface area contributed by atoms with Crippen LogP contribution in [0.1, 0.15) is 15.4 Å². The summed E-state index contributed by atoms with van der Waals surface area (Å²) in [6.45, 7) is 1.98. The van der Waals surface area contributed by atoms with Gasteiger partial charge in [-0.15, -0.1) is 11.3 Å². The van der Waals surface area contributed by atoms with Gasteiger partial charge in [-0.1, -0.05) is 30.3 Å². The largest absolute Gasteiger partial charge is 0.322 e. The molecule has 0 spiro atoms. The Morgan fingerprint density at radius 1 is 1.10 bits per heavy atom. The highest BCUT2D eigenvalue weighted by molar-refractivity contribution is 7.09. The van der Waals surface area contributed by atoms with E-state index in [0.29, 0.717) is 5.56 Å². The minimum atomic E-state index is -0.109. The molecule has 21 heavy (non-hydrogen) atoms. The summed E-state index contributed by atoms with van der Waals surface area (Å²) >= 11 is 1.62. The summed E-state index contributed by atoms with van der Waals surface area (Å²) in [4.78, 5) is 16.6. The maximum absolute atomic E-state index is 12.1. The molecule has 0 unspecified atom stereocenters. The molecule has 2 aromatic carbocycles. The van der Waals surface area contributed by atoms with Gasteiger partial charge >= 0.3 is 0 Å². The molecule has 3 nitrogen and oxygen atoms in total. The lowest BCUT2D eigenvalue weighted by Gasteiger charge is -2.06. The monoisotopic (exact) mass is 294 g/mol. The molecular formula is C17H14N2OS. The van der Waals surface area contributed by atoms with Crippen molar-refractivity contribution in [2.75, 3.05) is 5.32 Å². The van der Waals surface area contributed by atoms with Gasteiger partial charge in [0.1, 0.15) is 0 Å². The summed E-state index contributed by atoms with van der Waals surface area (Å²) in [5.41, 5.74) is 3.36. The Morgan fingerprint density at radius 3 is 2.62 bits per heavy atom. The molecule has 0 saturated carbocycles. The van der Waals surface area contributed by atoms with Gasteiger partial charge in [-0.2, -0.15) is 0 Å². The number of hydrogen-bond acceptors (Lipinski definition) is 3. The van der Waals surface area contributed by atoms with Crippen LogP contribution in [0.15, 0.2) is 60.0 Å². The van der Waals surface area contributed by atoms with Crippen LogP contribution in [0, 0.1) is 6.92 Å². The van der Waals surface area contributed by atoms with Crippen molar-refractivity contribution in [3.05, 3.63) is 70.5 Å². The van der Waals surface area contributed by atoms with Crippen LogP contribution in [0.5, 0.6) is 0 Å². The van der Waals surface area contributed by atoms with E-state index in [4.69, 9.17) is 0 Å². The van der Waals surface area contributed by atoms with Crippen molar-refractivity contribution in [1.82, 2.24) is 4.98 Å². The van der Waals surface area contributed by atoms with Crippen molar-refractivity contribution in [1.29, 1.82) is 0 Å². The molecule has 0 aliphatic heterocycles. The number of hydrogen-bond donors (Lipinski definition) is 1. The lowest BCUT2D eigenvalue weighted by atomic mass is 10.1. The van der Waals surface area contributed by atoms with E-state index in [2.05, 4.69) is 10.3 Å². The van der Waals surface area contributed by atoms with Crippen LogP contribution < -0.4 is 5.32 Å². The number of benzene rings is 2. The molecule has 104 valence electrons. The van der Waals surface area contributed by atoms with Crippen molar-refractivity contribution in [3.8, 4) is 11.3 Å². The fourth-order valence-electron chi connectivity index (χ4n) is 2.05. The number of aryl methyl sites for hydroxylation is 1. The zero-order valence-electron chi connectivity index (χ0n) is 11.5. The van der Waals surface area contributed by atoms with E-state index < -0.39 is 0 Å². The second kappa shape index (κ2) is 5.89. The van der Waals surface area contributed by atoms with Gasteiger partial charge in [-0.05, 0) is 31.2 Å². The van der Waals surface area contributed by atoms with E-state index in [9.17, 15) is 4.79 Å². The van der Waals surface area contributed by atoms with Crippen molar-refractivity contribution in [2.45, 2.75) is 6.92 Å². The van der Waals surface area contributed by atoms with E-state index in [0.717, 1.165) is 22.0 Å². The highest BCUT2D eigenvalue weighted by Gasteiger charge is 2.07. The lowest BCUT2D eigenvalue weighted by molar-refractivity contribution is 0.102. The quantitative estimate of drug-likeness (QED) is 0.779. The molecule has 0 radical (unpaired) electrons. The van der Waals surface area contributed by atoms with Crippen LogP contribution in [-0.2, 0) is 0 Å². The summed E-state index contributed by atoms with van der Waals surface area (Å²) in [5.74, 6) is -0.109. The molecule has 1 aromatic heterocycles. The Morgan fingerprint density at radius 2 is 1.90 bits per heavy atom. The van der Waals surface area contributed by atoms with Gasteiger partial charge in [0.25, 0.3) is 5.91 Å². The van der Waals surface area contributed by atoms with Crippen LogP contribution in [0.3, 0.4) is 0 Å². The van der Waals surface area contributed by atoms with E-state index in [1.54, 1.807) is 23.5 Å². The minimum Gasteiger partial charge on any atom is -0.322 e. The maximum Gasteiger partial charge on any atom is 0.255 e. The third-order valence-electron chi connectivity index (χ3n) is 3.07. The first-order chi connectivity index (χ1) is 10.2. The van der Waals surface area contributed by atoms with Crippen LogP contribution in [0.25, 0.3) is 11.3 Å². The number of aromatic nitrogens is 1. The summed E-state index contributed by atoms with van der Waals surface area (Å²) < 4.78 is 0. The van der Waals surface area contributed by atoms with Crippen molar-refractivity contribution >= 4 is 22.9 Å². The van der Waals surface area contributed by atoms with Crippen molar-refractivity contribution in [3.63, 3.8) is 0 Å². The molecule has 3 rings (SSSR count). The van der Waals surface area contributed by atoms with E-state index in [1.165, 1.54) is 0 Å². The lowest BCUT2D eigenvalue weighted by Crippen LogP contribution is -2.11. The molecule has 0 fully saturated rings. The molecule has 3 aromatic rings. The Balaban J connectivity index is 1.82. The smallest absolute Gasteiger partial charge is 0.255 e. The molecule has 1 N–H and O–H groups in total. The fraction of sp³-hybridized carbons (Fsp3) is 0.0588. The Bertz CT molecular complexity index is 765. The van der Waals surface area contributed by atoms with Gasteiger partial charge in [0, 0.05) is 22.2 Å². The molecule has 0 aliphatic carbocycles. The highest BCUT2D eigenvalue weighted by atomic mass is 32.1. The summed E-state index contributed by atoms with van der Waals surface area (Å²) in [5, 5.41) is 5.96. The van der Waals surface area contributed by atoms with E-state index >= 15 is 0 Å². The van der Waals surface area contributed by atoms with Gasteiger partial charge in [0.2, 0.25) is 0 Å². The van der Waals surface area contributed by atoms with E-state index in [-0.39, 0.29) is 5.91 Å². The predicted molar refractivity (Wildman–Crippen MR) is 86.7 cm³/mol. The zero-order valence-corrected chi connectivity index (χ0v) is 12.4. The number of carbonyl (C=O) groups is 1. The summed E-state index contributed by atoms with van der Waals surface area (Å²) in [6, 6.07) is 16.9. The third-order valence-corrected chi connectivity index (χ3v) is 3.84. The molecule has 4 heteroatoms. The molecular weight excluding hydrogens is 280 g/mol. The fourth-order valence-corrected chi connectivity index (χ4v) is 2.67. The summed E-state index contributed by atoms with van der Waals surface area (Å²) in [6.07, 6.45) is 0. The van der Waals surface area contributed by atoms with Crippen LogP contribution in [0.4, 0.5) is 5.69 Å². The average Bonchev–Trinajstić information content (AvgIpc) is 2.95. The number of rotatable bonds is 3. The van der Waals surface area contributed by atoms with Gasteiger partial charge < -0.3 is 5.32 Å². The van der Waals surface area contributed by atoms with E-state index in [1.807, 2.05) is 54.8 Å². The topological polar surface area (TPSA) is 42.0 Å². The maximum atomic E-state index is 12.1. The van der Waals surface area contributed by atoms with Crippen LogP contribution in [-0.4, -0.2) is 10.9 Å². The first kappa shape index (κ1) is 13.5. The molecule has 0 atom stereocenters. The zero-order chi connectivity index (χ0) is 14.7. The minimum absolute atomic E-state index is 0.109. The van der Waals surface area contributed by atoms with Crippen LogP contribution >= 0.6 is 11.3 Å². The normalized spacial score (nSPS) is 10.3. The number of nitrogens with one attached hydrogen (secondary N) is 1. The second-order valence-electron chi connectivity index (χ2n) is 4.65. The number of thiazole rings is 1. The molecule has 1 amide bonds. The number of amides is 1. The molecule has 0 bridgehead atoms. The SMILES string of the molecule is Cc1nc(-c2cccc(NC(=O)c3ccccc3)c2)cs1. The first-order valence-electron chi connectivity index (χ1n) is 6.61. The molecule has 0 aliphatic rings. The summed E-state index contributed by atoms with van der Waals surface area (Å²) in [7, 11) is 0. The number of carbonyl (C=O) groups excluding carboxylic acids is 1. The van der Waals surface area contributed by atoms with Crippen LogP contribution in [0.2, 0.25) is 0 Å². The number of anilines is 1. The second-order valence-corrected chi connectivity index (χ2v) is 5.71. The number of nitrogens with zero attached hydrogens (tertiary/aromatic N) is 1. The Kier molecular flexibility index (Phi) is 3.79. The van der Waals surface area contributed by atoms with Gasteiger partial charge in [0.15, 0.2) is 0 Å². The standard InChI is InChI=1S/C17H14N2OS/c1-12-18-16(11-21-12)14-8-5-9-15(10-14)19-17(20)13-6-3-2-4-7-13/h2-11H,1H3,(H,19,20). The van der Waals surface area contributed by atoms with Crippen molar-refractivity contribution < 1.29 is 4.79 Å². The van der Waals surface area contributed by atoms with Gasteiger partial charge in [0.05, 0.1) is 10.7 Å². The van der Waals surface area contributed by atoms with Gasteiger partial charge in [-0.25, -0.2) is 4.98 Å². The highest BCUT2D eigenvalue weighted by Crippen LogP contribution is 2.24. The Hall–Kier alpha value is -2.46. The third kappa shape index (κ3) is 3.17. The first-order valence-corrected chi connectivity index (χ1v) is 7.49. The molecule has 0 saturated heterocycles.